The topological polar surface area (TPSA) is 18.5 Å². The van der Waals surface area contributed by atoms with Crippen molar-refractivity contribution in [2.75, 3.05) is 27.4 Å². The monoisotopic (exact) mass is 146 g/mol. The Morgan fingerprint density at radius 1 is 1.10 bits per heavy atom. The van der Waals surface area contributed by atoms with E-state index in [-0.39, 0.29) is 5.41 Å². The molecule has 0 aromatic heterocycles. The standard InChI is InChI=1S/C8H18O2/c1-8(2,7-10-4)5-6-9-3/h5-7H2,1-4H3. The number of rotatable bonds is 5. The molecule has 0 aromatic carbocycles. The van der Waals surface area contributed by atoms with Crippen molar-refractivity contribution in [1.82, 2.24) is 0 Å². The zero-order chi connectivity index (χ0) is 8.04. The van der Waals surface area contributed by atoms with Crippen LogP contribution in [0.15, 0.2) is 0 Å². The van der Waals surface area contributed by atoms with Crippen LogP contribution >= 0.6 is 0 Å². The van der Waals surface area contributed by atoms with Crippen LogP contribution in [0.3, 0.4) is 0 Å². The van der Waals surface area contributed by atoms with Crippen LogP contribution in [0.1, 0.15) is 20.3 Å². The molecule has 0 radical (unpaired) electrons. The minimum absolute atomic E-state index is 0.255. The van der Waals surface area contributed by atoms with Gasteiger partial charge in [-0.05, 0) is 11.8 Å². The Hall–Kier alpha value is -0.0800. The Morgan fingerprint density at radius 2 is 1.70 bits per heavy atom. The molecular weight excluding hydrogens is 128 g/mol. The Bertz CT molecular complexity index is 79.3. The van der Waals surface area contributed by atoms with Crippen LogP contribution in [0.2, 0.25) is 0 Å². The molecule has 0 aliphatic rings. The SMILES string of the molecule is COCCC(C)(C)COC. The highest BCUT2D eigenvalue weighted by Gasteiger charge is 2.16. The maximum atomic E-state index is 5.05. The van der Waals surface area contributed by atoms with Gasteiger partial charge in [0.05, 0.1) is 6.61 Å². The molecule has 2 heteroatoms. The lowest BCUT2D eigenvalue weighted by Crippen LogP contribution is -2.20. The summed E-state index contributed by atoms with van der Waals surface area (Å²) < 4.78 is 10.0. The van der Waals surface area contributed by atoms with Crippen molar-refractivity contribution in [3.05, 3.63) is 0 Å². The van der Waals surface area contributed by atoms with Gasteiger partial charge in [0, 0.05) is 20.8 Å². The van der Waals surface area contributed by atoms with E-state index in [1.54, 1.807) is 14.2 Å². The molecule has 0 saturated heterocycles. The normalized spacial score (nSPS) is 12.0. The molecule has 0 aliphatic carbocycles. The largest absolute Gasteiger partial charge is 0.385 e. The van der Waals surface area contributed by atoms with Gasteiger partial charge in [0.15, 0.2) is 0 Å². The molecule has 10 heavy (non-hydrogen) atoms. The zero-order valence-electron chi connectivity index (χ0n) is 7.44. The predicted molar refractivity (Wildman–Crippen MR) is 42.2 cm³/mol. The first kappa shape index (κ1) is 9.92. The molecule has 0 unspecified atom stereocenters. The molecular formula is C8H18O2. The van der Waals surface area contributed by atoms with Crippen LogP contribution in [0.4, 0.5) is 0 Å². The van der Waals surface area contributed by atoms with Crippen molar-refractivity contribution in [2.45, 2.75) is 20.3 Å². The summed E-state index contributed by atoms with van der Waals surface area (Å²) in [6, 6.07) is 0. The fourth-order valence-corrected chi connectivity index (χ4v) is 0.841. The summed E-state index contributed by atoms with van der Waals surface area (Å²) in [5.41, 5.74) is 0.255. The van der Waals surface area contributed by atoms with Crippen LogP contribution in [0.25, 0.3) is 0 Å². The molecule has 0 heterocycles. The van der Waals surface area contributed by atoms with E-state index in [0.717, 1.165) is 19.6 Å². The van der Waals surface area contributed by atoms with Gasteiger partial charge in [-0.1, -0.05) is 13.8 Å². The molecule has 0 amide bonds. The van der Waals surface area contributed by atoms with Gasteiger partial charge in [0.1, 0.15) is 0 Å². The lowest BCUT2D eigenvalue weighted by molar-refractivity contribution is 0.0718. The van der Waals surface area contributed by atoms with E-state index in [2.05, 4.69) is 13.8 Å². The second kappa shape index (κ2) is 4.69. The second-order valence-corrected chi connectivity index (χ2v) is 3.34. The Balaban J connectivity index is 3.42. The summed E-state index contributed by atoms with van der Waals surface area (Å²) in [5, 5.41) is 0. The maximum Gasteiger partial charge on any atom is 0.0514 e. The number of hydrogen-bond donors (Lipinski definition) is 0. The van der Waals surface area contributed by atoms with Gasteiger partial charge in [-0.25, -0.2) is 0 Å². The first-order chi connectivity index (χ1) is 4.62. The second-order valence-electron chi connectivity index (χ2n) is 3.34. The molecule has 62 valence electrons. The lowest BCUT2D eigenvalue weighted by Gasteiger charge is -2.22. The van der Waals surface area contributed by atoms with Gasteiger partial charge in [-0.3, -0.25) is 0 Å². The summed E-state index contributed by atoms with van der Waals surface area (Å²) in [7, 11) is 3.46. The third-order valence-electron chi connectivity index (χ3n) is 1.52. The molecule has 0 atom stereocenters. The molecule has 0 aliphatic heterocycles. The van der Waals surface area contributed by atoms with Crippen LogP contribution in [0, 0.1) is 5.41 Å². The number of hydrogen-bond acceptors (Lipinski definition) is 2. The van der Waals surface area contributed by atoms with Crippen molar-refractivity contribution >= 4 is 0 Å². The summed E-state index contributed by atoms with van der Waals surface area (Å²) in [4.78, 5) is 0. The highest BCUT2D eigenvalue weighted by atomic mass is 16.5. The van der Waals surface area contributed by atoms with Gasteiger partial charge in [-0.15, -0.1) is 0 Å². The number of ether oxygens (including phenoxy) is 2. The molecule has 0 spiro atoms. The van der Waals surface area contributed by atoms with Gasteiger partial charge >= 0.3 is 0 Å². The Morgan fingerprint density at radius 3 is 2.10 bits per heavy atom. The van der Waals surface area contributed by atoms with E-state index in [4.69, 9.17) is 9.47 Å². The van der Waals surface area contributed by atoms with Crippen LogP contribution in [-0.2, 0) is 9.47 Å². The van der Waals surface area contributed by atoms with Gasteiger partial charge < -0.3 is 9.47 Å². The van der Waals surface area contributed by atoms with E-state index >= 15 is 0 Å². The average molecular weight is 146 g/mol. The van der Waals surface area contributed by atoms with Crippen molar-refractivity contribution in [2.24, 2.45) is 5.41 Å². The summed E-state index contributed by atoms with van der Waals surface area (Å²) in [6.07, 6.45) is 1.05. The van der Waals surface area contributed by atoms with Crippen molar-refractivity contribution < 1.29 is 9.47 Å². The fraction of sp³-hybridized carbons (Fsp3) is 1.00. The van der Waals surface area contributed by atoms with E-state index in [9.17, 15) is 0 Å². The highest BCUT2D eigenvalue weighted by Crippen LogP contribution is 2.19. The summed E-state index contributed by atoms with van der Waals surface area (Å²) in [5.74, 6) is 0. The minimum Gasteiger partial charge on any atom is -0.385 e. The zero-order valence-corrected chi connectivity index (χ0v) is 7.44. The van der Waals surface area contributed by atoms with Gasteiger partial charge in [0.25, 0.3) is 0 Å². The molecule has 0 aromatic rings. The molecule has 0 rings (SSSR count). The van der Waals surface area contributed by atoms with E-state index in [1.165, 1.54) is 0 Å². The first-order valence-electron chi connectivity index (χ1n) is 3.60. The quantitative estimate of drug-likeness (QED) is 0.587. The van der Waals surface area contributed by atoms with E-state index in [0.29, 0.717) is 0 Å². The lowest BCUT2D eigenvalue weighted by atomic mass is 9.91. The smallest absolute Gasteiger partial charge is 0.0514 e. The summed E-state index contributed by atoms with van der Waals surface area (Å²) >= 11 is 0. The van der Waals surface area contributed by atoms with E-state index < -0.39 is 0 Å². The summed E-state index contributed by atoms with van der Waals surface area (Å²) in [6.45, 7) is 5.97. The predicted octanol–water partition coefficient (Wildman–Crippen LogP) is 1.70. The van der Waals surface area contributed by atoms with Crippen LogP contribution in [-0.4, -0.2) is 27.4 Å². The molecule has 0 bridgehead atoms. The third-order valence-corrected chi connectivity index (χ3v) is 1.52. The third kappa shape index (κ3) is 4.77. The Kier molecular flexibility index (Phi) is 4.65. The molecule has 2 nitrogen and oxygen atoms in total. The molecule has 0 N–H and O–H groups in total. The van der Waals surface area contributed by atoms with Crippen molar-refractivity contribution in [1.29, 1.82) is 0 Å². The minimum atomic E-state index is 0.255. The highest BCUT2D eigenvalue weighted by molar-refractivity contribution is 4.66. The maximum absolute atomic E-state index is 5.05. The van der Waals surface area contributed by atoms with Crippen LogP contribution in [0.5, 0.6) is 0 Å². The van der Waals surface area contributed by atoms with Crippen molar-refractivity contribution in [3.63, 3.8) is 0 Å². The Labute approximate surface area is 63.5 Å². The molecule has 0 fully saturated rings. The van der Waals surface area contributed by atoms with Gasteiger partial charge in [-0.2, -0.15) is 0 Å². The number of methoxy groups -OCH3 is 2. The van der Waals surface area contributed by atoms with Gasteiger partial charge in [0.2, 0.25) is 0 Å². The molecule has 0 saturated carbocycles. The van der Waals surface area contributed by atoms with E-state index in [1.807, 2.05) is 0 Å². The average Bonchev–Trinajstić information content (AvgIpc) is 1.84. The van der Waals surface area contributed by atoms with Crippen LogP contribution < -0.4 is 0 Å². The first-order valence-corrected chi connectivity index (χ1v) is 3.60. The van der Waals surface area contributed by atoms with Crippen molar-refractivity contribution in [3.8, 4) is 0 Å². The fourth-order valence-electron chi connectivity index (χ4n) is 0.841.